The van der Waals surface area contributed by atoms with Gasteiger partial charge >= 0.3 is 5.97 Å². The zero-order chi connectivity index (χ0) is 15.1. The normalized spacial score (nSPS) is 10.5. The molecule has 1 aromatic carbocycles. The van der Waals surface area contributed by atoms with Crippen LogP contribution in [-0.2, 0) is 13.5 Å². The molecule has 6 heteroatoms. The number of benzene rings is 1. The lowest BCUT2D eigenvalue weighted by molar-refractivity contribution is 0.0697. The third kappa shape index (κ3) is 4.92. The zero-order valence-electron chi connectivity index (χ0n) is 12.0. The maximum absolute atomic E-state index is 10.7. The van der Waals surface area contributed by atoms with Gasteiger partial charge in [-0.25, -0.2) is 4.79 Å². The highest BCUT2D eigenvalue weighted by Crippen LogP contribution is 2.11. The van der Waals surface area contributed by atoms with Gasteiger partial charge in [0.1, 0.15) is 12.4 Å². The number of aromatic carboxylic acids is 1. The standard InChI is InChI=1S/C15H19N3O3/c1-18-10-7-13(17-18)6-8-16-9-11-21-14-4-2-12(3-5-14)15(19)20/h2-5,7,10,16H,6,8-9,11H2,1H3,(H,19,20). The number of hydrogen-bond acceptors (Lipinski definition) is 4. The van der Waals surface area contributed by atoms with Gasteiger partial charge in [-0.1, -0.05) is 0 Å². The summed E-state index contributed by atoms with van der Waals surface area (Å²) in [6.07, 6.45) is 2.81. The maximum Gasteiger partial charge on any atom is 0.335 e. The van der Waals surface area contributed by atoms with E-state index >= 15 is 0 Å². The number of carbonyl (C=O) groups is 1. The molecule has 1 heterocycles. The largest absolute Gasteiger partial charge is 0.492 e. The van der Waals surface area contributed by atoms with Crippen molar-refractivity contribution in [3.05, 3.63) is 47.8 Å². The van der Waals surface area contributed by atoms with Crippen molar-refractivity contribution in [2.24, 2.45) is 7.05 Å². The van der Waals surface area contributed by atoms with Crippen molar-refractivity contribution >= 4 is 5.97 Å². The van der Waals surface area contributed by atoms with Gasteiger partial charge in [0.15, 0.2) is 0 Å². The van der Waals surface area contributed by atoms with Gasteiger partial charge in [-0.05, 0) is 30.3 Å². The van der Waals surface area contributed by atoms with Crippen LogP contribution in [0.3, 0.4) is 0 Å². The predicted octanol–water partition coefficient (Wildman–Crippen LogP) is 1.33. The molecular formula is C15H19N3O3. The fourth-order valence-corrected chi connectivity index (χ4v) is 1.87. The minimum Gasteiger partial charge on any atom is -0.492 e. The summed E-state index contributed by atoms with van der Waals surface area (Å²) in [6, 6.07) is 8.40. The molecule has 0 aliphatic carbocycles. The Morgan fingerprint density at radius 1 is 1.29 bits per heavy atom. The molecule has 0 saturated carbocycles. The van der Waals surface area contributed by atoms with Gasteiger partial charge in [0.2, 0.25) is 0 Å². The molecule has 0 atom stereocenters. The van der Waals surface area contributed by atoms with Crippen molar-refractivity contribution in [1.82, 2.24) is 15.1 Å². The predicted molar refractivity (Wildman–Crippen MR) is 78.7 cm³/mol. The Morgan fingerprint density at radius 3 is 2.67 bits per heavy atom. The number of nitrogens with one attached hydrogen (secondary N) is 1. The number of aryl methyl sites for hydroxylation is 1. The summed E-state index contributed by atoms with van der Waals surface area (Å²) >= 11 is 0. The Labute approximate surface area is 123 Å². The highest BCUT2D eigenvalue weighted by molar-refractivity contribution is 5.87. The first-order valence-corrected chi connectivity index (χ1v) is 6.80. The summed E-state index contributed by atoms with van der Waals surface area (Å²) in [5.74, 6) is -0.260. The summed E-state index contributed by atoms with van der Waals surface area (Å²) in [6.45, 7) is 2.11. The number of nitrogens with zero attached hydrogens (tertiary/aromatic N) is 2. The van der Waals surface area contributed by atoms with Gasteiger partial charge in [0.05, 0.1) is 11.3 Å². The quantitative estimate of drug-likeness (QED) is 0.717. The van der Waals surface area contributed by atoms with Crippen LogP contribution in [0.1, 0.15) is 16.1 Å². The van der Waals surface area contributed by atoms with E-state index in [-0.39, 0.29) is 5.56 Å². The average molecular weight is 289 g/mol. The van der Waals surface area contributed by atoms with Crippen LogP contribution in [0.4, 0.5) is 0 Å². The van der Waals surface area contributed by atoms with E-state index in [1.54, 1.807) is 16.8 Å². The topological polar surface area (TPSA) is 76.4 Å². The third-order valence-corrected chi connectivity index (χ3v) is 2.98. The van der Waals surface area contributed by atoms with Crippen LogP contribution < -0.4 is 10.1 Å². The van der Waals surface area contributed by atoms with Crippen molar-refractivity contribution in [1.29, 1.82) is 0 Å². The van der Waals surface area contributed by atoms with Crippen LogP contribution in [0.5, 0.6) is 5.75 Å². The number of carboxylic acids is 1. The molecule has 2 aromatic rings. The van der Waals surface area contributed by atoms with Crippen molar-refractivity contribution in [3.8, 4) is 5.75 Å². The molecule has 0 unspecified atom stereocenters. The zero-order valence-corrected chi connectivity index (χ0v) is 12.0. The van der Waals surface area contributed by atoms with Gasteiger partial charge in [-0.3, -0.25) is 4.68 Å². The molecule has 0 spiro atoms. The second kappa shape index (κ2) is 7.44. The molecule has 0 bridgehead atoms. The first-order valence-electron chi connectivity index (χ1n) is 6.80. The van der Waals surface area contributed by atoms with Crippen molar-refractivity contribution in [2.45, 2.75) is 6.42 Å². The van der Waals surface area contributed by atoms with Crippen LogP contribution >= 0.6 is 0 Å². The van der Waals surface area contributed by atoms with Crippen LogP contribution in [0, 0.1) is 0 Å². The summed E-state index contributed by atoms with van der Waals surface area (Å²) in [5, 5.41) is 16.4. The monoisotopic (exact) mass is 289 g/mol. The summed E-state index contributed by atoms with van der Waals surface area (Å²) in [7, 11) is 1.90. The second-order valence-corrected chi connectivity index (χ2v) is 4.66. The van der Waals surface area contributed by atoms with E-state index in [9.17, 15) is 4.79 Å². The van der Waals surface area contributed by atoms with E-state index in [4.69, 9.17) is 9.84 Å². The third-order valence-electron chi connectivity index (χ3n) is 2.98. The number of ether oxygens (including phenoxy) is 1. The number of hydrogen-bond donors (Lipinski definition) is 2. The van der Waals surface area contributed by atoms with Crippen LogP contribution in [0.25, 0.3) is 0 Å². The molecule has 2 N–H and O–H groups in total. The Morgan fingerprint density at radius 2 is 2.05 bits per heavy atom. The maximum atomic E-state index is 10.7. The van der Waals surface area contributed by atoms with Crippen LogP contribution in [0.2, 0.25) is 0 Å². The molecule has 0 aliphatic rings. The van der Waals surface area contributed by atoms with Gasteiger partial charge in [-0.15, -0.1) is 0 Å². The van der Waals surface area contributed by atoms with Gasteiger partial charge < -0.3 is 15.2 Å². The fourth-order valence-electron chi connectivity index (χ4n) is 1.87. The number of aromatic nitrogens is 2. The molecule has 0 amide bonds. The molecular weight excluding hydrogens is 270 g/mol. The van der Waals surface area contributed by atoms with E-state index in [2.05, 4.69) is 10.4 Å². The molecule has 0 aliphatic heterocycles. The van der Waals surface area contributed by atoms with Crippen molar-refractivity contribution < 1.29 is 14.6 Å². The van der Waals surface area contributed by atoms with E-state index < -0.39 is 5.97 Å². The second-order valence-electron chi connectivity index (χ2n) is 4.66. The number of rotatable bonds is 8. The Hall–Kier alpha value is -2.34. The molecule has 21 heavy (non-hydrogen) atoms. The van der Waals surface area contributed by atoms with Gasteiger partial charge in [-0.2, -0.15) is 5.10 Å². The molecule has 112 valence electrons. The van der Waals surface area contributed by atoms with Crippen molar-refractivity contribution in [2.75, 3.05) is 19.7 Å². The Balaban J connectivity index is 1.60. The van der Waals surface area contributed by atoms with Crippen LogP contribution in [-0.4, -0.2) is 40.6 Å². The molecule has 0 radical (unpaired) electrons. The first-order chi connectivity index (χ1) is 10.1. The lowest BCUT2D eigenvalue weighted by Gasteiger charge is -2.07. The highest BCUT2D eigenvalue weighted by atomic mass is 16.5. The SMILES string of the molecule is Cn1ccc(CCNCCOc2ccc(C(=O)O)cc2)n1. The Bertz CT molecular complexity index is 578. The van der Waals surface area contributed by atoms with Gasteiger partial charge in [0.25, 0.3) is 0 Å². The minimum absolute atomic E-state index is 0.260. The lowest BCUT2D eigenvalue weighted by atomic mass is 10.2. The highest BCUT2D eigenvalue weighted by Gasteiger charge is 2.02. The average Bonchev–Trinajstić information content (AvgIpc) is 2.89. The van der Waals surface area contributed by atoms with E-state index in [0.29, 0.717) is 12.4 Å². The molecule has 0 saturated heterocycles. The number of carboxylic acid groups (broad SMARTS) is 1. The minimum atomic E-state index is -0.933. The Kier molecular flexibility index (Phi) is 5.34. The van der Waals surface area contributed by atoms with E-state index in [0.717, 1.165) is 25.2 Å². The molecule has 0 fully saturated rings. The molecule has 6 nitrogen and oxygen atoms in total. The smallest absolute Gasteiger partial charge is 0.335 e. The molecule has 1 aromatic heterocycles. The fraction of sp³-hybridized carbons (Fsp3) is 0.333. The van der Waals surface area contributed by atoms with Crippen LogP contribution in [0.15, 0.2) is 36.5 Å². The van der Waals surface area contributed by atoms with E-state index in [1.165, 1.54) is 12.1 Å². The lowest BCUT2D eigenvalue weighted by Crippen LogP contribution is -2.23. The van der Waals surface area contributed by atoms with Gasteiger partial charge in [0, 0.05) is 32.8 Å². The summed E-state index contributed by atoms with van der Waals surface area (Å²) in [5.41, 5.74) is 1.33. The van der Waals surface area contributed by atoms with Crippen molar-refractivity contribution in [3.63, 3.8) is 0 Å². The first kappa shape index (κ1) is 15.1. The summed E-state index contributed by atoms with van der Waals surface area (Å²) in [4.78, 5) is 10.7. The van der Waals surface area contributed by atoms with E-state index in [1.807, 2.05) is 19.3 Å². The summed E-state index contributed by atoms with van der Waals surface area (Å²) < 4.78 is 7.31. The molecule has 2 rings (SSSR count).